The van der Waals surface area contributed by atoms with Crippen molar-refractivity contribution in [2.75, 3.05) is 0 Å². The molecule has 2 bridgehead atoms. The average molecular weight is 451 g/mol. The number of aromatic hydroxyl groups is 2. The van der Waals surface area contributed by atoms with Crippen molar-refractivity contribution in [1.29, 1.82) is 0 Å². The fourth-order valence-electron chi connectivity index (χ4n) is 7.52. The van der Waals surface area contributed by atoms with Crippen molar-refractivity contribution in [3.05, 3.63) is 34.9 Å². The number of phenolic OH excluding ortho intramolecular Hbond substituents is 2. The molecule has 3 aliphatic rings. The summed E-state index contributed by atoms with van der Waals surface area (Å²) in [5, 5.41) is 22.5. The van der Waals surface area contributed by atoms with Gasteiger partial charge in [-0.2, -0.15) is 0 Å². The van der Waals surface area contributed by atoms with Gasteiger partial charge in [0.05, 0.1) is 5.41 Å². The SMILES string of the molecule is Cc1ccc2c(C)c(O)c(O)cc2c1CC[C@]12OC(=O)[C@]3(C)CC[C@](C)(CCC1(C)C)[C@H]2C3. The van der Waals surface area contributed by atoms with Gasteiger partial charge in [-0.1, -0.05) is 32.9 Å². The second-order valence-corrected chi connectivity index (χ2v) is 12.5. The molecule has 1 saturated heterocycles. The van der Waals surface area contributed by atoms with Crippen LogP contribution < -0.4 is 0 Å². The minimum absolute atomic E-state index is 0.0103. The third kappa shape index (κ3) is 2.98. The first-order valence-corrected chi connectivity index (χ1v) is 12.5. The molecule has 2 aromatic rings. The normalized spacial score (nSPS) is 34.8. The van der Waals surface area contributed by atoms with Gasteiger partial charge >= 0.3 is 5.97 Å². The summed E-state index contributed by atoms with van der Waals surface area (Å²) in [6, 6.07) is 5.81. The molecule has 1 aliphatic heterocycles. The lowest BCUT2D eigenvalue weighted by molar-refractivity contribution is -0.268. The van der Waals surface area contributed by atoms with Gasteiger partial charge in [0.15, 0.2) is 11.5 Å². The smallest absolute Gasteiger partial charge is 0.312 e. The summed E-state index contributed by atoms with van der Waals surface area (Å²) < 4.78 is 6.61. The minimum atomic E-state index is -0.486. The largest absolute Gasteiger partial charge is 0.504 e. The van der Waals surface area contributed by atoms with E-state index < -0.39 is 5.60 Å². The third-order valence-electron chi connectivity index (χ3n) is 10.2. The van der Waals surface area contributed by atoms with Crippen LogP contribution in [-0.2, 0) is 16.0 Å². The molecule has 5 rings (SSSR count). The van der Waals surface area contributed by atoms with Crippen LogP contribution in [0.2, 0.25) is 0 Å². The first-order valence-electron chi connectivity index (χ1n) is 12.5. The fourth-order valence-corrected chi connectivity index (χ4v) is 7.52. The van der Waals surface area contributed by atoms with Gasteiger partial charge in [0.1, 0.15) is 5.60 Å². The van der Waals surface area contributed by atoms with E-state index in [1.54, 1.807) is 6.07 Å². The highest BCUT2D eigenvalue weighted by Crippen LogP contribution is 2.68. The lowest BCUT2D eigenvalue weighted by Crippen LogP contribution is -2.68. The predicted octanol–water partition coefficient (Wildman–Crippen LogP) is 6.73. The van der Waals surface area contributed by atoms with Gasteiger partial charge in [-0.25, -0.2) is 0 Å². The van der Waals surface area contributed by atoms with Gasteiger partial charge in [0.2, 0.25) is 0 Å². The molecule has 4 nitrogen and oxygen atoms in total. The maximum absolute atomic E-state index is 13.4. The molecule has 33 heavy (non-hydrogen) atoms. The van der Waals surface area contributed by atoms with E-state index in [0.717, 1.165) is 54.9 Å². The number of carbonyl (C=O) groups excluding carboxylic acids is 1. The van der Waals surface area contributed by atoms with Crippen molar-refractivity contribution in [3.63, 3.8) is 0 Å². The molecule has 0 unspecified atom stereocenters. The maximum atomic E-state index is 13.4. The van der Waals surface area contributed by atoms with E-state index in [0.29, 0.717) is 11.5 Å². The van der Waals surface area contributed by atoms with E-state index in [1.807, 2.05) is 13.0 Å². The van der Waals surface area contributed by atoms with E-state index in [2.05, 4.69) is 40.7 Å². The maximum Gasteiger partial charge on any atom is 0.312 e. The molecule has 4 heteroatoms. The molecule has 178 valence electrons. The number of benzene rings is 2. The van der Waals surface area contributed by atoms with E-state index in [4.69, 9.17) is 4.74 Å². The number of ether oxygens (including phenoxy) is 1. The van der Waals surface area contributed by atoms with Crippen molar-refractivity contribution in [2.45, 2.75) is 92.1 Å². The minimum Gasteiger partial charge on any atom is -0.504 e. The van der Waals surface area contributed by atoms with E-state index in [-0.39, 0.29) is 33.7 Å². The lowest BCUT2D eigenvalue weighted by atomic mass is 9.43. The Bertz CT molecular complexity index is 1160. The van der Waals surface area contributed by atoms with E-state index >= 15 is 0 Å². The molecule has 3 fully saturated rings. The van der Waals surface area contributed by atoms with Gasteiger partial charge in [-0.3, -0.25) is 4.79 Å². The summed E-state index contributed by atoms with van der Waals surface area (Å²) in [6.07, 6.45) is 6.76. The molecule has 0 amide bonds. The summed E-state index contributed by atoms with van der Waals surface area (Å²) >= 11 is 0. The number of aryl methyl sites for hydroxylation is 3. The molecule has 0 spiro atoms. The van der Waals surface area contributed by atoms with Crippen molar-refractivity contribution >= 4 is 16.7 Å². The highest BCUT2D eigenvalue weighted by molar-refractivity contribution is 5.93. The molecule has 2 aromatic carbocycles. The molecular weight excluding hydrogens is 412 g/mol. The molecule has 2 aliphatic carbocycles. The number of fused-ring (bicyclic) bond motifs is 2. The molecule has 0 radical (unpaired) electrons. The first-order chi connectivity index (χ1) is 15.3. The molecule has 4 atom stereocenters. The second-order valence-electron chi connectivity index (χ2n) is 12.5. The average Bonchev–Trinajstić information content (AvgIpc) is 2.75. The summed E-state index contributed by atoms with van der Waals surface area (Å²) in [4.78, 5) is 13.4. The van der Waals surface area contributed by atoms with Crippen LogP contribution in [0.15, 0.2) is 18.2 Å². The fraction of sp³-hybridized carbons (Fsp3) is 0.621. The molecular formula is C29H38O4. The van der Waals surface area contributed by atoms with Crippen LogP contribution in [0.1, 0.15) is 82.9 Å². The van der Waals surface area contributed by atoms with Gasteiger partial charge in [-0.05, 0) is 99.1 Å². The molecule has 2 saturated carbocycles. The first kappa shape index (κ1) is 22.6. The Labute approximate surface area is 197 Å². The Morgan fingerprint density at radius 2 is 1.70 bits per heavy atom. The third-order valence-corrected chi connectivity index (χ3v) is 10.2. The number of hydrogen-bond acceptors (Lipinski definition) is 4. The quantitative estimate of drug-likeness (QED) is 0.402. The van der Waals surface area contributed by atoms with Gasteiger partial charge in [0.25, 0.3) is 0 Å². The summed E-state index contributed by atoms with van der Waals surface area (Å²) in [7, 11) is 0. The number of esters is 1. The van der Waals surface area contributed by atoms with Crippen molar-refractivity contribution < 1.29 is 19.7 Å². The molecule has 2 N–H and O–H groups in total. The Kier molecular flexibility index (Phi) is 4.71. The van der Waals surface area contributed by atoms with Crippen LogP contribution >= 0.6 is 0 Å². The van der Waals surface area contributed by atoms with Crippen molar-refractivity contribution in [2.24, 2.45) is 22.2 Å². The topological polar surface area (TPSA) is 66.8 Å². The van der Waals surface area contributed by atoms with Crippen LogP contribution in [0, 0.1) is 36.0 Å². The lowest BCUT2D eigenvalue weighted by Gasteiger charge is -2.67. The van der Waals surface area contributed by atoms with Gasteiger partial charge in [-0.15, -0.1) is 0 Å². The van der Waals surface area contributed by atoms with E-state index in [9.17, 15) is 15.0 Å². The van der Waals surface area contributed by atoms with Crippen LogP contribution in [0.4, 0.5) is 0 Å². The number of carbonyl (C=O) groups is 1. The Morgan fingerprint density at radius 3 is 2.42 bits per heavy atom. The monoisotopic (exact) mass is 450 g/mol. The molecule has 0 aromatic heterocycles. The summed E-state index contributed by atoms with van der Waals surface area (Å²) in [5.74, 6) is 0.217. The highest BCUT2D eigenvalue weighted by Gasteiger charge is 2.68. The van der Waals surface area contributed by atoms with Crippen molar-refractivity contribution in [3.8, 4) is 11.5 Å². The van der Waals surface area contributed by atoms with E-state index in [1.165, 1.54) is 12.0 Å². The van der Waals surface area contributed by atoms with Gasteiger partial charge in [0, 0.05) is 16.9 Å². The standard InChI is InChI=1S/C29H38O4/c1-17-7-8-20-18(2)24(31)22(30)15-21(20)19(17)9-10-29-23-16-28(6,25(32)33-29)14-13-27(23,5)12-11-26(29,3)4/h7-8,15,23,30-31H,9-14,16H2,1-6H3/t23-,27+,28-,29-/m1/s1. The van der Waals surface area contributed by atoms with Crippen LogP contribution in [0.5, 0.6) is 11.5 Å². The Hall–Kier alpha value is -2.23. The van der Waals surface area contributed by atoms with Crippen LogP contribution in [0.3, 0.4) is 0 Å². The number of phenols is 2. The van der Waals surface area contributed by atoms with Gasteiger partial charge < -0.3 is 14.9 Å². The zero-order valence-electron chi connectivity index (χ0n) is 21.0. The van der Waals surface area contributed by atoms with Crippen LogP contribution in [0.25, 0.3) is 10.8 Å². The highest BCUT2D eigenvalue weighted by atomic mass is 16.6. The van der Waals surface area contributed by atoms with Crippen LogP contribution in [-0.4, -0.2) is 21.8 Å². The second kappa shape index (κ2) is 6.90. The van der Waals surface area contributed by atoms with Crippen molar-refractivity contribution in [1.82, 2.24) is 0 Å². The predicted molar refractivity (Wildman–Crippen MR) is 130 cm³/mol. The summed E-state index contributed by atoms with van der Waals surface area (Å²) in [6.45, 7) is 13.1. The Morgan fingerprint density at radius 1 is 1.00 bits per heavy atom. The zero-order chi connectivity index (χ0) is 24.0. The number of hydrogen-bond donors (Lipinski definition) is 2. The zero-order valence-corrected chi connectivity index (χ0v) is 21.0. The summed E-state index contributed by atoms with van der Waals surface area (Å²) in [5.41, 5.74) is 2.31. The Balaban J connectivity index is 1.60. The molecule has 1 heterocycles. The number of rotatable bonds is 3.